The minimum atomic E-state index is -0.384. The third kappa shape index (κ3) is 3.84. The first-order valence-electron chi connectivity index (χ1n) is 7.03. The molecule has 1 aliphatic heterocycles. The van der Waals surface area contributed by atoms with Crippen molar-refractivity contribution in [3.8, 4) is 0 Å². The van der Waals surface area contributed by atoms with Gasteiger partial charge in [0.15, 0.2) is 0 Å². The van der Waals surface area contributed by atoms with Crippen LogP contribution in [0, 0.1) is 10.1 Å². The van der Waals surface area contributed by atoms with Gasteiger partial charge >= 0.3 is 0 Å². The van der Waals surface area contributed by atoms with Crippen LogP contribution in [0.5, 0.6) is 0 Å². The monoisotopic (exact) mass is 313 g/mol. The van der Waals surface area contributed by atoms with E-state index in [1.54, 1.807) is 12.1 Å². The van der Waals surface area contributed by atoms with Gasteiger partial charge in [-0.15, -0.1) is 0 Å². The van der Waals surface area contributed by atoms with E-state index in [2.05, 4.69) is 4.90 Å². The first kappa shape index (κ1) is 16.0. The molecule has 1 fully saturated rings. The van der Waals surface area contributed by atoms with Crippen LogP contribution >= 0.6 is 11.6 Å². The third-order valence-electron chi connectivity index (χ3n) is 4.02. The number of piperidine rings is 1. The van der Waals surface area contributed by atoms with E-state index in [9.17, 15) is 10.1 Å². The minimum Gasteiger partial charge on any atom is -0.395 e. The number of halogens is 1. The summed E-state index contributed by atoms with van der Waals surface area (Å²) in [4.78, 5) is 15.0. The summed E-state index contributed by atoms with van der Waals surface area (Å²) in [6.07, 6.45) is 1.85. The molecule has 0 saturated carbocycles. The van der Waals surface area contributed by atoms with Crippen LogP contribution in [0.4, 0.5) is 11.4 Å². The normalized spacial score (nSPS) is 16.5. The Kier molecular flexibility index (Phi) is 5.39. The van der Waals surface area contributed by atoms with E-state index >= 15 is 0 Å². The lowest BCUT2D eigenvalue weighted by Crippen LogP contribution is -2.44. The molecule has 1 saturated heterocycles. The van der Waals surface area contributed by atoms with Gasteiger partial charge in [-0.1, -0.05) is 11.6 Å². The first-order valence-corrected chi connectivity index (χ1v) is 7.40. The molecule has 0 unspecified atom stereocenters. The molecule has 6 nitrogen and oxygen atoms in total. The topological polar surface area (TPSA) is 69.8 Å². The second-order valence-electron chi connectivity index (χ2n) is 5.31. The molecule has 2 rings (SSSR count). The van der Waals surface area contributed by atoms with Gasteiger partial charge in [-0.3, -0.25) is 10.1 Å². The van der Waals surface area contributed by atoms with Gasteiger partial charge in [-0.25, -0.2) is 0 Å². The highest BCUT2D eigenvalue weighted by molar-refractivity contribution is 6.30. The van der Waals surface area contributed by atoms with Crippen molar-refractivity contribution in [1.29, 1.82) is 0 Å². The van der Waals surface area contributed by atoms with Crippen molar-refractivity contribution >= 4 is 23.0 Å². The van der Waals surface area contributed by atoms with E-state index in [-0.39, 0.29) is 17.2 Å². The molecule has 1 aliphatic rings. The Hall–Kier alpha value is -1.37. The summed E-state index contributed by atoms with van der Waals surface area (Å²) >= 11 is 5.85. The number of nitrogens with zero attached hydrogens (tertiary/aromatic N) is 3. The molecule has 0 atom stereocenters. The molecule has 116 valence electrons. The number of rotatable bonds is 5. The predicted octanol–water partition coefficient (Wildman–Crippen LogP) is 2.14. The van der Waals surface area contributed by atoms with E-state index in [0.717, 1.165) is 25.9 Å². The average Bonchev–Trinajstić information content (AvgIpc) is 2.47. The number of hydrogen-bond donors (Lipinski definition) is 1. The predicted molar refractivity (Wildman–Crippen MR) is 83.1 cm³/mol. The summed E-state index contributed by atoms with van der Waals surface area (Å²) in [5, 5.41) is 20.5. The van der Waals surface area contributed by atoms with Crippen LogP contribution in [0.15, 0.2) is 18.2 Å². The van der Waals surface area contributed by atoms with Gasteiger partial charge in [0.05, 0.1) is 11.5 Å². The molecule has 0 aliphatic carbocycles. The van der Waals surface area contributed by atoms with Crippen molar-refractivity contribution in [3.05, 3.63) is 33.3 Å². The van der Waals surface area contributed by atoms with Crippen LogP contribution in [0.2, 0.25) is 5.02 Å². The molecular formula is C14H20ClN3O3. The number of benzene rings is 1. The summed E-state index contributed by atoms with van der Waals surface area (Å²) in [5.74, 6) is 0. The number of nitro groups is 1. The Morgan fingerprint density at radius 2 is 2.14 bits per heavy atom. The van der Waals surface area contributed by atoms with Crippen molar-refractivity contribution in [1.82, 2.24) is 4.90 Å². The second kappa shape index (κ2) is 7.06. The summed E-state index contributed by atoms with van der Waals surface area (Å²) < 4.78 is 0. The van der Waals surface area contributed by atoms with Crippen LogP contribution in [0.1, 0.15) is 12.8 Å². The average molecular weight is 314 g/mol. The molecule has 0 radical (unpaired) electrons. The van der Waals surface area contributed by atoms with Crippen molar-refractivity contribution in [3.63, 3.8) is 0 Å². The molecule has 21 heavy (non-hydrogen) atoms. The Labute approximate surface area is 129 Å². The van der Waals surface area contributed by atoms with Gasteiger partial charge in [0.25, 0.3) is 5.69 Å². The van der Waals surface area contributed by atoms with Crippen LogP contribution in [-0.4, -0.2) is 54.3 Å². The number of aliphatic hydroxyl groups excluding tert-OH is 1. The van der Waals surface area contributed by atoms with Crippen LogP contribution in [0.3, 0.4) is 0 Å². The Morgan fingerprint density at radius 1 is 1.48 bits per heavy atom. The summed E-state index contributed by atoms with van der Waals surface area (Å²) in [6, 6.07) is 5.23. The van der Waals surface area contributed by atoms with E-state index in [1.165, 1.54) is 6.07 Å². The van der Waals surface area contributed by atoms with Gasteiger partial charge in [0, 0.05) is 36.8 Å². The standard InChI is InChI=1S/C14H20ClN3O3/c1-16(8-9-19)12-4-6-17(7-5-12)13-3-2-11(15)10-14(13)18(20)21/h2-3,10,12,19H,4-9H2,1H3. The fourth-order valence-corrected chi connectivity index (χ4v) is 2.96. The van der Waals surface area contributed by atoms with E-state index in [0.29, 0.717) is 23.3 Å². The number of likely N-dealkylation sites (N-methyl/N-ethyl adjacent to an activating group) is 1. The lowest BCUT2D eigenvalue weighted by Gasteiger charge is -2.37. The maximum absolute atomic E-state index is 11.2. The molecule has 0 bridgehead atoms. The summed E-state index contributed by atoms with van der Waals surface area (Å²) in [6.45, 7) is 2.34. The summed E-state index contributed by atoms with van der Waals surface area (Å²) in [7, 11) is 2.00. The lowest BCUT2D eigenvalue weighted by molar-refractivity contribution is -0.384. The molecule has 1 N–H and O–H groups in total. The van der Waals surface area contributed by atoms with Gasteiger partial charge in [-0.2, -0.15) is 0 Å². The minimum absolute atomic E-state index is 0.0599. The number of nitro benzene ring substituents is 1. The number of hydrogen-bond acceptors (Lipinski definition) is 5. The smallest absolute Gasteiger partial charge is 0.294 e. The van der Waals surface area contributed by atoms with E-state index in [4.69, 9.17) is 16.7 Å². The largest absolute Gasteiger partial charge is 0.395 e. The summed E-state index contributed by atoms with van der Waals surface area (Å²) in [5.41, 5.74) is 0.692. The van der Waals surface area contributed by atoms with E-state index in [1.807, 2.05) is 11.9 Å². The highest BCUT2D eigenvalue weighted by Crippen LogP contribution is 2.33. The van der Waals surface area contributed by atoms with E-state index < -0.39 is 0 Å². The fourth-order valence-electron chi connectivity index (χ4n) is 2.80. The number of anilines is 1. The zero-order valence-electron chi connectivity index (χ0n) is 12.0. The molecule has 0 spiro atoms. The van der Waals surface area contributed by atoms with Gasteiger partial charge in [0.1, 0.15) is 5.69 Å². The van der Waals surface area contributed by atoms with Crippen molar-refractivity contribution in [2.75, 3.05) is 38.2 Å². The molecule has 7 heteroatoms. The molecule has 0 aromatic heterocycles. The maximum Gasteiger partial charge on any atom is 0.294 e. The zero-order chi connectivity index (χ0) is 15.4. The van der Waals surface area contributed by atoms with Gasteiger partial charge in [-0.05, 0) is 32.0 Å². The van der Waals surface area contributed by atoms with Crippen LogP contribution in [-0.2, 0) is 0 Å². The van der Waals surface area contributed by atoms with Gasteiger partial charge < -0.3 is 14.9 Å². The maximum atomic E-state index is 11.2. The molecule has 1 aromatic rings. The van der Waals surface area contributed by atoms with Crippen molar-refractivity contribution in [2.24, 2.45) is 0 Å². The first-order chi connectivity index (χ1) is 10.0. The number of aliphatic hydroxyl groups is 1. The Bertz CT molecular complexity index is 504. The molecular weight excluding hydrogens is 294 g/mol. The van der Waals surface area contributed by atoms with Crippen molar-refractivity contribution < 1.29 is 10.0 Å². The van der Waals surface area contributed by atoms with Crippen LogP contribution < -0.4 is 4.90 Å². The van der Waals surface area contributed by atoms with Crippen LogP contribution in [0.25, 0.3) is 0 Å². The lowest BCUT2D eigenvalue weighted by atomic mass is 10.0. The van der Waals surface area contributed by atoms with Gasteiger partial charge in [0.2, 0.25) is 0 Å². The Balaban J connectivity index is 2.07. The molecule has 0 amide bonds. The highest BCUT2D eigenvalue weighted by atomic mass is 35.5. The SMILES string of the molecule is CN(CCO)C1CCN(c2ccc(Cl)cc2[N+](=O)[O-])CC1. The zero-order valence-corrected chi connectivity index (χ0v) is 12.8. The quantitative estimate of drug-likeness (QED) is 0.666. The second-order valence-corrected chi connectivity index (χ2v) is 5.75. The molecule has 1 heterocycles. The third-order valence-corrected chi connectivity index (χ3v) is 4.25. The van der Waals surface area contributed by atoms with Crippen molar-refractivity contribution in [2.45, 2.75) is 18.9 Å². The highest BCUT2D eigenvalue weighted by Gasteiger charge is 2.26. The Morgan fingerprint density at radius 3 is 2.71 bits per heavy atom. The molecule has 1 aromatic carbocycles. The fraction of sp³-hybridized carbons (Fsp3) is 0.571.